The number of hydrogen-bond donors (Lipinski definition) is 7. The Morgan fingerprint density at radius 2 is 1.18 bits per heavy atom. The predicted octanol–water partition coefficient (Wildman–Crippen LogP) is -3.54. The minimum atomic E-state index is -0.863. The monoisotopic (exact) mass is 247 g/mol. The number of hydrazine groups is 4. The lowest BCUT2D eigenvalue weighted by molar-refractivity contribution is -0.152. The lowest BCUT2D eigenvalue weighted by Gasteiger charge is -2.10. The first-order valence-electron chi connectivity index (χ1n) is 4.01. The molecule has 0 heterocycles. The number of rotatable bonds is 8. The maximum atomic E-state index is 10.7. The fourth-order valence-corrected chi connectivity index (χ4v) is 0.357. The van der Waals surface area contributed by atoms with Crippen LogP contribution >= 0.6 is 0 Å². The number of carbonyl (C=O) groups is 2. The van der Waals surface area contributed by atoms with Crippen LogP contribution in [-0.2, 0) is 19.3 Å². The second-order valence-electron chi connectivity index (χ2n) is 2.41. The van der Waals surface area contributed by atoms with Crippen molar-refractivity contribution in [2.24, 2.45) is 11.5 Å². The molecule has 0 aliphatic heterocycles. The van der Waals surface area contributed by atoms with Gasteiger partial charge in [-0.05, 0) is 0 Å². The van der Waals surface area contributed by atoms with Crippen molar-refractivity contribution >= 4 is 11.9 Å². The molecule has 0 amide bonds. The van der Waals surface area contributed by atoms with Crippen LogP contribution in [-0.4, -0.2) is 11.9 Å². The third-order valence-electron chi connectivity index (χ3n) is 1.04. The zero-order valence-corrected chi connectivity index (χ0v) is 8.70. The van der Waals surface area contributed by atoms with E-state index in [1.165, 1.54) is 0 Å². The van der Waals surface area contributed by atoms with Crippen LogP contribution in [0, 0.1) is 0 Å². The zero-order chi connectivity index (χ0) is 13.3. The van der Waals surface area contributed by atoms with Gasteiger partial charge in [-0.25, -0.2) is 9.59 Å². The van der Waals surface area contributed by atoms with E-state index >= 15 is 0 Å². The van der Waals surface area contributed by atoms with Gasteiger partial charge in [0.15, 0.2) is 0 Å². The molecule has 96 valence electrons. The molecule has 11 heteroatoms. The van der Waals surface area contributed by atoms with E-state index in [0.717, 1.165) is 0 Å². The summed E-state index contributed by atoms with van der Waals surface area (Å²) >= 11 is 0. The number of nitrogens with one attached hydrogen (secondary N) is 5. The minimum absolute atomic E-state index is 0.277. The average Bonchev–Trinajstić information content (AvgIpc) is 2.26. The van der Waals surface area contributed by atoms with Crippen molar-refractivity contribution < 1.29 is 19.3 Å². The fourth-order valence-electron chi connectivity index (χ4n) is 0.357. The molecule has 11 nitrogen and oxygen atoms in total. The van der Waals surface area contributed by atoms with Crippen molar-refractivity contribution in [1.29, 1.82) is 0 Å². The Kier molecular flexibility index (Phi) is 7.00. The molecule has 0 atom stereocenters. The molecule has 0 unspecified atom stereocenters. The van der Waals surface area contributed by atoms with Gasteiger partial charge < -0.3 is 21.1 Å². The van der Waals surface area contributed by atoms with Crippen molar-refractivity contribution in [3.05, 3.63) is 24.6 Å². The maximum Gasteiger partial charge on any atom is 0.373 e. The Balaban J connectivity index is 3.36. The van der Waals surface area contributed by atoms with Gasteiger partial charge in [-0.2, -0.15) is 5.53 Å². The van der Waals surface area contributed by atoms with Crippen LogP contribution in [0.25, 0.3) is 0 Å². The van der Waals surface area contributed by atoms with Gasteiger partial charge in [-0.15, -0.1) is 11.1 Å². The molecule has 0 aliphatic carbocycles. The van der Waals surface area contributed by atoms with Gasteiger partial charge in [0.1, 0.15) is 11.4 Å². The van der Waals surface area contributed by atoms with Gasteiger partial charge in [0.05, 0.1) is 0 Å². The second-order valence-corrected chi connectivity index (χ2v) is 2.41. The lowest BCUT2D eigenvalue weighted by Crippen LogP contribution is -2.56. The summed E-state index contributed by atoms with van der Waals surface area (Å²) in [5, 5.41) is 0. The second kappa shape index (κ2) is 8.03. The lowest BCUT2D eigenvalue weighted by atomic mass is 10.5. The summed E-state index contributed by atoms with van der Waals surface area (Å²) in [6.07, 6.45) is 0. The van der Waals surface area contributed by atoms with Gasteiger partial charge in [-0.1, -0.05) is 24.3 Å². The molecule has 0 spiro atoms. The summed E-state index contributed by atoms with van der Waals surface area (Å²) in [5.41, 5.74) is 19.7. The van der Waals surface area contributed by atoms with Gasteiger partial charge >= 0.3 is 11.9 Å². The molecule has 9 N–H and O–H groups in total. The molecule has 0 fully saturated rings. The Labute approximate surface area is 96.0 Å². The molecule has 0 aromatic rings. The Morgan fingerprint density at radius 3 is 1.47 bits per heavy atom. The van der Waals surface area contributed by atoms with E-state index in [1.807, 2.05) is 11.2 Å². The molecule has 0 bridgehead atoms. The summed E-state index contributed by atoms with van der Waals surface area (Å²) < 4.78 is 0. The summed E-state index contributed by atoms with van der Waals surface area (Å²) in [4.78, 5) is 29.9. The van der Waals surface area contributed by atoms with Gasteiger partial charge in [0.2, 0.25) is 0 Å². The topological polar surface area (TPSA) is 165 Å². The average molecular weight is 247 g/mol. The van der Waals surface area contributed by atoms with Gasteiger partial charge in [0, 0.05) is 0 Å². The molecular weight excluding hydrogens is 234 g/mol. The van der Waals surface area contributed by atoms with Crippen LogP contribution in [0.1, 0.15) is 0 Å². The fraction of sp³-hybridized carbons (Fsp3) is 0. The first kappa shape index (κ1) is 14.8. The highest BCUT2D eigenvalue weighted by molar-refractivity contribution is 5.86. The SMILES string of the molecule is C=C(N)C(=O)ONNNNNOC(=O)C(=C)N. The molecule has 0 saturated heterocycles. The van der Waals surface area contributed by atoms with Crippen LogP contribution < -0.4 is 39.2 Å². The number of carbonyl (C=O) groups excluding carboxylic acids is 2. The summed E-state index contributed by atoms with van der Waals surface area (Å²) in [5.74, 6) is -1.73. The van der Waals surface area contributed by atoms with Crippen LogP contribution in [0.2, 0.25) is 0 Å². The van der Waals surface area contributed by atoms with E-state index < -0.39 is 11.9 Å². The summed E-state index contributed by atoms with van der Waals surface area (Å²) in [6, 6.07) is 0. The molecule has 0 aliphatic rings. The highest BCUT2D eigenvalue weighted by atomic mass is 16.7. The smallest absolute Gasteiger partial charge is 0.373 e. The van der Waals surface area contributed by atoms with Crippen molar-refractivity contribution in [3.63, 3.8) is 0 Å². The van der Waals surface area contributed by atoms with Crippen LogP contribution in [0.4, 0.5) is 0 Å². The molecular formula is C6H13N7O4. The quantitative estimate of drug-likeness (QED) is 0.129. The maximum absolute atomic E-state index is 10.7. The Hall–Kier alpha value is -2.18. The van der Waals surface area contributed by atoms with E-state index in [9.17, 15) is 9.59 Å². The van der Waals surface area contributed by atoms with E-state index in [2.05, 4.69) is 39.4 Å². The molecule has 17 heavy (non-hydrogen) atoms. The number of nitrogens with two attached hydrogens (primary N) is 2. The molecule has 0 radical (unpaired) electrons. The van der Waals surface area contributed by atoms with Crippen molar-refractivity contribution in [2.45, 2.75) is 0 Å². The van der Waals surface area contributed by atoms with E-state index in [4.69, 9.17) is 11.5 Å². The van der Waals surface area contributed by atoms with Crippen LogP contribution in [0.5, 0.6) is 0 Å². The van der Waals surface area contributed by atoms with Gasteiger partial charge in [-0.3, -0.25) is 0 Å². The highest BCUT2D eigenvalue weighted by Crippen LogP contribution is 1.79. The molecule has 0 aromatic heterocycles. The molecule has 0 saturated carbocycles. The van der Waals surface area contributed by atoms with E-state index in [-0.39, 0.29) is 11.4 Å². The first-order valence-corrected chi connectivity index (χ1v) is 4.01. The normalized spacial score (nSPS) is 9.41. The summed E-state index contributed by atoms with van der Waals surface area (Å²) in [7, 11) is 0. The van der Waals surface area contributed by atoms with Crippen molar-refractivity contribution in [2.75, 3.05) is 0 Å². The first-order chi connectivity index (χ1) is 7.95. The third-order valence-corrected chi connectivity index (χ3v) is 1.04. The predicted molar refractivity (Wildman–Crippen MR) is 54.5 cm³/mol. The largest absolute Gasteiger partial charge is 0.393 e. The molecule has 0 rings (SSSR count). The third kappa shape index (κ3) is 7.71. The summed E-state index contributed by atoms with van der Waals surface area (Å²) in [6.45, 7) is 6.26. The Morgan fingerprint density at radius 1 is 0.824 bits per heavy atom. The van der Waals surface area contributed by atoms with Crippen molar-refractivity contribution in [1.82, 2.24) is 27.8 Å². The molecule has 0 aromatic carbocycles. The Bertz CT molecular complexity index is 287. The highest BCUT2D eigenvalue weighted by Gasteiger charge is 2.03. The van der Waals surface area contributed by atoms with E-state index in [1.54, 1.807) is 0 Å². The van der Waals surface area contributed by atoms with Gasteiger partial charge in [0.25, 0.3) is 0 Å². The number of hydrogen-bond acceptors (Lipinski definition) is 11. The minimum Gasteiger partial charge on any atom is -0.393 e. The standard InChI is InChI=1S/C6H13N7O4/c1-3(7)5(14)16-12-10-9-11-13-17-6(15)4(2)8/h9-13H,1-2,7-8H2. The van der Waals surface area contributed by atoms with Crippen LogP contribution in [0.3, 0.4) is 0 Å². The zero-order valence-electron chi connectivity index (χ0n) is 8.70. The van der Waals surface area contributed by atoms with Crippen molar-refractivity contribution in [3.8, 4) is 0 Å². The van der Waals surface area contributed by atoms with Crippen LogP contribution in [0.15, 0.2) is 24.6 Å². The van der Waals surface area contributed by atoms with E-state index in [0.29, 0.717) is 0 Å².